The molecule has 0 unspecified atom stereocenters. The number of aromatic nitrogens is 1. The zero-order valence-electron chi connectivity index (χ0n) is 9.44. The van der Waals surface area contributed by atoms with Crippen molar-refractivity contribution < 1.29 is 4.79 Å². The quantitative estimate of drug-likeness (QED) is 0.787. The molecule has 2 N–H and O–H groups in total. The average molecular weight is 230 g/mol. The summed E-state index contributed by atoms with van der Waals surface area (Å²) in [5.41, 5.74) is 0.508. The molecule has 1 amide bonds. The van der Waals surface area contributed by atoms with Gasteiger partial charge in [0.25, 0.3) is 0 Å². The first-order chi connectivity index (χ1) is 8.28. The molecule has 1 aliphatic carbocycles. The predicted octanol–water partition coefficient (Wildman–Crippen LogP) is 0.891. The highest BCUT2D eigenvalue weighted by molar-refractivity contribution is 5.80. The summed E-state index contributed by atoms with van der Waals surface area (Å²) in [7, 11) is 0. The summed E-state index contributed by atoms with van der Waals surface area (Å²) in [6.45, 7) is 0.993. The van der Waals surface area contributed by atoms with Gasteiger partial charge >= 0.3 is 0 Å². The third kappa shape index (κ3) is 3.76. The van der Waals surface area contributed by atoms with E-state index in [1.807, 2.05) is 6.07 Å². The minimum absolute atomic E-state index is 0.0249. The van der Waals surface area contributed by atoms with Crippen LogP contribution in [-0.2, 0) is 4.79 Å². The van der Waals surface area contributed by atoms with Gasteiger partial charge in [-0.2, -0.15) is 5.26 Å². The maximum Gasteiger partial charge on any atom is 0.239 e. The number of nitrogens with zero attached hydrogens (tertiary/aromatic N) is 2. The van der Waals surface area contributed by atoms with Gasteiger partial charge in [-0.25, -0.2) is 4.98 Å². The lowest BCUT2D eigenvalue weighted by molar-refractivity contribution is -0.119. The van der Waals surface area contributed by atoms with Crippen molar-refractivity contribution in [3.05, 3.63) is 23.9 Å². The van der Waals surface area contributed by atoms with Crippen LogP contribution in [0.3, 0.4) is 0 Å². The Morgan fingerprint density at radius 3 is 2.94 bits per heavy atom. The second kappa shape index (κ2) is 5.30. The molecule has 0 radical (unpaired) electrons. The normalized spacial score (nSPS) is 13.8. The van der Waals surface area contributed by atoms with Crippen LogP contribution in [0, 0.1) is 17.2 Å². The second-order valence-electron chi connectivity index (χ2n) is 4.14. The Kier molecular flexibility index (Phi) is 3.55. The first-order valence-electron chi connectivity index (χ1n) is 5.64. The summed E-state index contributed by atoms with van der Waals surface area (Å²) in [6, 6.07) is 5.34. The van der Waals surface area contributed by atoms with E-state index in [1.54, 1.807) is 12.1 Å². The molecule has 1 heterocycles. The Hall–Kier alpha value is -2.09. The van der Waals surface area contributed by atoms with Gasteiger partial charge in [0, 0.05) is 12.7 Å². The molecular weight excluding hydrogens is 216 g/mol. The zero-order chi connectivity index (χ0) is 12.1. The van der Waals surface area contributed by atoms with E-state index in [0.29, 0.717) is 17.3 Å². The van der Waals surface area contributed by atoms with E-state index >= 15 is 0 Å². The molecule has 2 rings (SSSR count). The highest BCUT2D eigenvalue weighted by Gasteiger charge is 2.21. The molecule has 0 aromatic carbocycles. The highest BCUT2D eigenvalue weighted by Crippen LogP contribution is 2.27. The van der Waals surface area contributed by atoms with Crippen LogP contribution in [0.5, 0.6) is 0 Å². The molecule has 0 aliphatic heterocycles. The molecule has 0 atom stereocenters. The molecule has 1 fully saturated rings. The number of hydrogen-bond donors (Lipinski definition) is 2. The molecule has 0 bridgehead atoms. The Morgan fingerprint density at radius 1 is 1.53 bits per heavy atom. The monoisotopic (exact) mass is 230 g/mol. The number of nitriles is 1. The van der Waals surface area contributed by atoms with Crippen molar-refractivity contribution in [2.24, 2.45) is 5.92 Å². The summed E-state index contributed by atoms with van der Waals surface area (Å²) >= 11 is 0. The lowest BCUT2D eigenvalue weighted by Crippen LogP contribution is -2.31. The molecule has 1 aromatic heterocycles. The molecular formula is C12H14N4O. The van der Waals surface area contributed by atoms with Gasteiger partial charge in [-0.15, -0.1) is 0 Å². The molecule has 0 saturated heterocycles. The average Bonchev–Trinajstić information content (AvgIpc) is 3.18. The Bertz CT molecular complexity index is 431. The van der Waals surface area contributed by atoms with Crippen LogP contribution in [0.1, 0.15) is 18.4 Å². The lowest BCUT2D eigenvalue weighted by Gasteiger charge is -2.06. The maximum atomic E-state index is 11.4. The number of nitrogens with one attached hydrogen (secondary N) is 2. The van der Waals surface area contributed by atoms with E-state index < -0.39 is 0 Å². The van der Waals surface area contributed by atoms with E-state index in [0.717, 1.165) is 6.54 Å². The molecule has 1 aliphatic rings. The van der Waals surface area contributed by atoms with Gasteiger partial charge < -0.3 is 10.6 Å². The Balaban J connectivity index is 1.72. The summed E-state index contributed by atoms with van der Waals surface area (Å²) in [6.07, 6.45) is 3.93. The van der Waals surface area contributed by atoms with Gasteiger partial charge in [0.05, 0.1) is 12.1 Å². The van der Waals surface area contributed by atoms with Crippen molar-refractivity contribution in [1.29, 1.82) is 5.26 Å². The SMILES string of the molecule is N#Cc1ccc(NCC(=O)NCC2CC2)nc1. The van der Waals surface area contributed by atoms with Gasteiger partial charge in [-0.05, 0) is 30.9 Å². The Labute approximate surface area is 99.9 Å². The van der Waals surface area contributed by atoms with Crippen LogP contribution in [-0.4, -0.2) is 24.0 Å². The molecule has 1 saturated carbocycles. The van der Waals surface area contributed by atoms with E-state index in [9.17, 15) is 4.79 Å². The topological polar surface area (TPSA) is 77.8 Å². The van der Waals surface area contributed by atoms with E-state index in [-0.39, 0.29) is 12.5 Å². The first kappa shape index (κ1) is 11.4. The van der Waals surface area contributed by atoms with Crippen LogP contribution >= 0.6 is 0 Å². The number of anilines is 1. The minimum atomic E-state index is -0.0249. The summed E-state index contributed by atoms with van der Waals surface area (Å²) in [5.74, 6) is 1.26. The molecule has 5 nitrogen and oxygen atoms in total. The van der Waals surface area contributed by atoms with Gasteiger partial charge in [-0.3, -0.25) is 4.79 Å². The van der Waals surface area contributed by atoms with E-state index in [4.69, 9.17) is 5.26 Å². The number of hydrogen-bond acceptors (Lipinski definition) is 4. The number of rotatable bonds is 5. The highest BCUT2D eigenvalue weighted by atomic mass is 16.1. The van der Waals surface area contributed by atoms with Crippen molar-refractivity contribution in [3.63, 3.8) is 0 Å². The maximum absolute atomic E-state index is 11.4. The predicted molar refractivity (Wildman–Crippen MR) is 63.2 cm³/mol. The van der Waals surface area contributed by atoms with E-state index in [1.165, 1.54) is 19.0 Å². The smallest absolute Gasteiger partial charge is 0.239 e. The number of amides is 1. The molecule has 17 heavy (non-hydrogen) atoms. The fraction of sp³-hybridized carbons (Fsp3) is 0.417. The standard InChI is InChI=1S/C12H14N4O/c13-5-10-3-4-11(14-7-10)15-8-12(17)16-6-9-1-2-9/h3-4,7,9H,1-2,6,8H2,(H,14,15)(H,16,17). The lowest BCUT2D eigenvalue weighted by atomic mass is 10.3. The number of pyridine rings is 1. The van der Waals surface area contributed by atoms with Gasteiger partial charge in [0.1, 0.15) is 11.9 Å². The number of carbonyl (C=O) groups is 1. The van der Waals surface area contributed by atoms with Crippen LogP contribution in [0.25, 0.3) is 0 Å². The van der Waals surface area contributed by atoms with Crippen molar-refractivity contribution >= 4 is 11.7 Å². The van der Waals surface area contributed by atoms with Gasteiger partial charge in [-0.1, -0.05) is 0 Å². The zero-order valence-corrected chi connectivity index (χ0v) is 9.44. The van der Waals surface area contributed by atoms with Crippen molar-refractivity contribution in [3.8, 4) is 6.07 Å². The van der Waals surface area contributed by atoms with Gasteiger partial charge in [0.2, 0.25) is 5.91 Å². The molecule has 5 heteroatoms. The minimum Gasteiger partial charge on any atom is -0.361 e. The van der Waals surface area contributed by atoms with Crippen LogP contribution < -0.4 is 10.6 Å². The van der Waals surface area contributed by atoms with Crippen LogP contribution in [0.4, 0.5) is 5.82 Å². The van der Waals surface area contributed by atoms with E-state index in [2.05, 4.69) is 15.6 Å². The molecule has 0 spiro atoms. The summed E-state index contributed by atoms with van der Waals surface area (Å²) < 4.78 is 0. The molecule has 88 valence electrons. The van der Waals surface area contributed by atoms with Crippen molar-refractivity contribution in [2.75, 3.05) is 18.4 Å². The van der Waals surface area contributed by atoms with Gasteiger partial charge in [0.15, 0.2) is 0 Å². The van der Waals surface area contributed by atoms with Crippen molar-refractivity contribution in [1.82, 2.24) is 10.3 Å². The van der Waals surface area contributed by atoms with Crippen LogP contribution in [0.15, 0.2) is 18.3 Å². The van der Waals surface area contributed by atoms with Crippen molar-refractivity contribution in [2.45, 2.75) is 12.8 Å². The Morgan fingerprint density at radius 2 is 2.35 bits per heavy atom. The fourth-order valence-electron chi connectivity index (χ4n) is 1.38. The number of carbonyl (C=O) groups excluding carboxylic acids is 1. The second-order valence-corrected chi connectivity index (χ2v) is 4.14. The fourth-order valence-corrected chi connectivity index (χ4v) is 1.38. The third-order valence-electron chi connectivity index (χ3n) is 2.61. The van der Waals surface area contributed by atoms with Crippen LogP contribution in [0.2, 0.25) is 0 Å². The first-order valence-corrected chi connectivity index (χ1v) is 5.64. The summed E-state index contributed by atoms with van der Waals surface area (Å²) in [4.78, 5) is 15.4. The molecule has 1 aromatic rings. The largest absolute Gasteiger partial charge is 0.361 e. The third-order valence-corrected chi connectivity index (χ3v) is 2.61. The summed E-state index contributed by atoms with van der Waals surface area (Å²) in [5, 5.41) is 14.4.